The van der Waals surface area contributed by atoms with E-state index in [-0.39, 0.29) is 11.9 Å². The van der Waals surface area contributed by atoms with Crippen LogP contribution in [-0.4, -0.2) is 54.3 Å². The second-order valence-corrected chi connectivity index (χ2v) is 8.59. The van der Waals surface area contributed by atoms with Gasteiger partial charge in [0.05, 0.1) is 17.6 Å². The number of piperazine rings is 1. The highest BCUT2D eigenvalue weighted by atomic mass is 32.1. The number of fused-ring (bicyclic) bond motifs is 2. The maximum absolute atomic E-state index is 12.9. The van der Waals surface area contributed by atoms with Crippen LogP contribution in [0.3, 0.4) is 0 Å². The molecular weight excluding hydrogens is 410 g/mol. The number of aliphatic imine (C=N–C) groups is 1. The number of amidine groups is 1. The van der Waals surface area contributed by atoms with Gasteiger partial charge in [-0.3, -0.25) is 4.79 Å². The molecule has 7 heteroatoms. The minimum Gasteiger partial charge on any atom is -0.497 e. The Morgan fingerprint density at radius 3 is 2.77 bits per heavy atom. The van der Waals surface area contributed by atoms with Gasteiger partial charge in [-0.05, 0) is 48.7 Å². The lowest BCUT2D eigenvalue weighted by Crippen LogP contribution is -2.55. The van der Waals surface area contributed by atoms with Gasteiger partial charge in [0.15, 0.2) is 5.75 Å². The van der Waals surface area contributed by atoms with Gasteiger partial charge >= 0.3 is 0 Å². The van der Waals surface area contributed by atoms with Crippen LogP contribution in [0.4, 0.5) is 5.69 Å². The van der Waals surface area contributed by atoms with E-state index in [1.807, 2.05) is 64.9 Å². The lowest BCUT2D eigenvalue weighted by atomic mass is 10.1. The largest absolute Gasteiger partial charge is 0.497 e. The second kappa shape index (κ2) is 8.07. The molecule has 158 valence electrons. The number of nitrogens with zero attached hydrogens (tertiary/aromatic N) is 3. The van der Waals surface area contributed by atoms with Gasteiger partial charge in [-0.1, -0.05) is 18.2 Å². The molecule has 1 amide bonds. The molecule has 0 saturated carbocycles. The molecule has 3 heterocycles. The van der Waals surface area contributed by atoms with Gasteiger partial charge in [0.25, 0.3) is 5.91 Å². The van der Waals surface area contributed by atoms with E-state index < -0.39 is 0 Å². The molecule has 31 heavy (non-hydrogen) atoms. The maximum Gasteiger partial charge on any atom is 0.264 e. The van der Waals surface area contributed by atoms with Crippen LogP contribution in [0.25, 0.3) is 0 Å². The number of hydrogen-bond acceptors (Lipinski definition) is 6. The number of thiophene rings is 1. The zero-order valence-electron chi connectivity index (χ0n) is 17.4. The molecule has 0 radical (unpaired) electrons. The van der Waals surface area contributed by atoms with Gasteiger partial charge in [0.1, 0.15) is 23.0 Å². The summed E-state index contributed by atoms with van der Waals surface area (Å²) in [6.07, 6.45) is 0. The first kappa shape index (κ1) is 19.6. The van der Waals surface area contributed by atoms with Crippen molar-refractivity contribution in [3.05, 3.63) is 70.4 Å². The standard InChI is InChI=1S/C24H23N3O3S/c1-16-15-26(11-12-27(16)24(28)22-8-5-13-31-22)23-18-14-17(29-2)9-10-20(18)30-21-7-4-3-6-19(21)25-23/h3-10,13-14,16H,11-12,15H2,1-2H3. The number of para-hydroxylation sites is 2. The highest BCUT2D eigenvalue weighted by Crippen LogP contribution is 2.39. The first-order valence-corrected chi connectivity index (χ1v) is 11.2. The molecule has 2 aliphatic heterocycles. The third-order valence-corrected chi connectivity index (χ3v) is 6.52. The molecular formula is C24H23N3O3S. The summed E-state index contributed by atoms with van der Waals surface area (Å²) in [7, 11) is 1.65. The molecule has 0 aliphatic carbocycles. The lowest BCUT2D eigenvalue weighted by Gasteiger charge is -2.41. The van der Waals surface area contributed by atoms with Crippen LogP contribution in [-0.2, 0) is 0 Å². The number of ether oxygens (including phenoxy) is 2. The van der Waals surface area contributed by atoms with Crippen molar-refractivity contribution < 1.29 is 14.3 Å². The van der Waals surface area contributed by atoms with Crippen molar-refractivity contribution in [2.24, 2.45) is 4.99 Å². The topological polar surface area (TPSA) is 54.4 Å². The molecule has 1 saturated heterocycles. The van der Waals surface area contributed by atoms with Crippen LogP contribution in [0.5, 0.6) is 17.2 Å². The summed E-state index contributed by atoms with van der Waals surface area (Å²) in [4.78, 5) is 22.9. The SMILES string of the molecule is COc1ccc2c(c1)C(N1CCN(C(=O)c3cccs3)C(C)C1)=Nc1ccccc1O2. The van der Waals surface area contributed by atoms with E-state index in [2.05, 4.69) is 11.8 Å². The summed E-state index contributed by atoms with van der Waals surface area (Å²) in [6.45, 7) is 4.11. The van der Waals surface area contributed by atoms with Crippen molar-refractivity contribution in [1.82, 2.24) is 9.80 Å². The second-order valence-electron chi connectivity index (χ2n) is 7.64. The number of carbonyl (C=O) groups excluding carboxylic acids is 1. The monoisotopic (exact) mass is 433 g/mol. The van der Waals surface area contributed by atoms with Crippen molar-refractivity contribution in [2.45, 2.75) is 13.0 Å². The molecule has 0 bridgehead atoms. The van der Waals surface area contributed by atoms with Crippen molar-refractivity contribution in [3.8, 4) is 17.2 Å². The average Bonchev–Trinajstić information content (AvgIpc) is 3.28. The van der Waals surface area contributed by atoms with Crippen molar-refractivity contribution in [3.63, 3.8) is 0 Å². The summed E-state index contributed by atoms with van der Waals surface area (Å²) in [5.74, 6) is 3.16. The average molecular weight is 434 g/mol. The number of methoxy groups -OCH3 is 1. The summed E-state index contributed by atoms with van der Waals surface area (Å²) < 4.78 is 11.7. The van der Waals surface area contributed by atoms with Crippen LogP contribution in [0, 0.1) is 0 Å². The van der Waals surface area contributed by atoms with E-state index in [9.17, 15) is 4.79 Å². The number of carbonyl (C=O) groups is 1. The predicted molar refractivity (Wildman–Crippen MR) is 122 cm³/mol. The number of rotatable bonds is 2. The highest BCUT2D eigenvalue weighted by Gasteiger charge is 2.32. The number of amides is 1. The normalized spacial score (nSPS) is 17.7. The molecule has 2 aromatic carbocycles. The van der Waals surface area contributed by atoms with Gasteiger partial charge in [-0.2, -0.15) is 0 Å². The summed E-state index contributed by atoms with van der Waals surface area (Å²) in [6, 6.07) is 17.4. The minimum atomic E-state index is 0.0551. The van der Waals surface area contributed by atoms with Crippen molar-refractivity contribution in [2.75, 3.05) is 26.7 Å². The molecule has 0 N–H and O–H groups in total. The summed E-state index contributed by atoms with van der Waals surface area (Å²) >= 11 is 1.49. The van der Waals surface area contributed by atoms with E-state index in [1.54, 1.807) is 7.11 Å². The molecule has 1 fully saturated rings. The van der Waals surface area contributed by atoms with Crippen LogP contribution >= 0.6 is 11.3 Å². The van der Waals surface area contributed by atoms with E-state index in [0.29, 0.717) is 19.6 Å². The Kier molecular flexibility index (Phi) is 5.11. The first-order valence-electron chi connectivity index (χ1n) is 10.3. The van der Waals surface area contributed by atoms with E-state index in [4.69, 9.17) is 14.5 Å². The molecule has 0 spiro atoms. The van der Waals surface area contributed by atoms with Crippen molar-refractivity contribution in [1.29, 1.82) is 0 Å². The molecule has 6 nitrogen and oxygen atoms in total. The van der Waals surface area contributed by atoms with Gasteiger partial charge in [0, 0.05) is 25.7 Å². The zero-order valence-corrected chi connectivity index (χ0v) is 18.3. The van der Waals surface area contributed by atoms with Crippen LogP contribution in [0.1, 0.15) is 22.2 Å². The molecule has 3 aromatic rings. The Bertz CT molecular complexity index is 1140. The van der Waals surface area contributed by atoms with Crippen molar-refractivity contribution >= 4 is 28.8 Å². The Morgan fingerprint density at radius 1 is 1.13 bits per heavy atom. The molecule has 1 unspecified atom stereocenters. The number of benzene rings is 2. The fourth-order valence-corrected chi connectivity index (χ4v) is 4.74. The van der Waals surface area contributed by atoms with Gasteiger partial charge in [-0.15, -0.1) is 11.3 Å². The third kappa shape index (κ3) is 3.65. The van der Waals surface area contributed by atoms with Gasteiger partial charge < -0.3 is 19.3 Å². The Morgan fingerprint density at radius 2 is 2.00 bits per heavy atom. The van der Waals surface area contributed by atoms with E-state index >= 15 is 0 Å². The molecule has 1 aromatic heterocycles. The van der Waals surface area contributed by atoms with Crippen LogP contribution in [0.2, 0.25) is 0 Å². The Labute approximate surface area is 185 Å². The Hall–Kier alpha value is -3.32. The van der Waals surface area contributed by atoms with Gasteiger partial charge in [0.2, 0.25) is 0 Å². The van der Waals surface area contributed by atoms with Gasteiger partial charge in [-0.25, -0.2) is 4.99 Å². The predicted octanol–water partition coefficient (Wildman–Crippen LogP) is 4.79. The zero-order chi connectivity index (χ0) is 21.4. The Balaban J connectivity index is 1.49. The maximum atomic E-state index is 12.9. The fraction of sp³-hybridized carbons (Fsp3) is 0.250. The summed E-state index contributed by atoms with van der Waals surface area (Å²) in [5.41, 5.74) is 1.68. The molecule has 2 aliphatic rings. The van der Waals surface area contributed by atoms with Crippen LogP contribution in [0.15, 0.2) is 65.0 Å². The fourth-order valence-electron chi connectivity index (χ4n) is 4.06. The minimum absolute atomic E-state index is 0.0551. The third-order valence-electron chi connectivity index (χ3n) is 5.66. The smallest absolute Gasteiger partial charge is 0.264 e. The quantitative estimate of drug-likeness (QED) is 0.583. The van der Waals surface area contributed by atoms with Crippen LogP contribution < -0.4 is 9.47 Å². The van der Waals surface area contributed by atoms with E-state index in [1.165, 1.54) is 11.3 Å². The number of hydrogen-bond donors (Lipinski definition) is 0. The molecule has 1 atom stereocenters. The lowest BCUT2D eigenvalue weighted by molar-refractivity contribution is 0.0586. The first-order chi connectivity index (χ1) is 15.1. The van der Waals surface area contributed by atoms with E-state index in [0.717, 1.165) is 39.2 Å². The molecule has 5 rings (SSSR count). The highest BCUT2D eigenvalue weighted by molar-refractivity contribution is 7.12. The summed E-state index contributed by atoms with van der Waals surface area (Å²) in [5, 5.41) is 1.94.